The smallest absolute Gasteiger partial charge is 0.174 e. The third kappa shape index (κ3) is 3.20. The summed E-state index contributed by atoms with van der Waals surface area (Å²) in [6.45, 7) is 6.21. The van der Waals surface area contributed by atoms with Crippen LogP contribution in [0.4, 0.5) is 10.7 Å². The minimum atomic E-state index is 0.00412. The number of Topliss-reactive ketones (excluding diaryl/α,β-unsaturated/α-hetero) is 1. The number of piperidine rings is 1. The van der Waals surface area contributed by atoms with E-state index in [1.54, 1.807) is 6.92 Å². The Kier molecular flexibility index (Phi) is 5.21. The maximum absolute atomic E-state index is 11.9. The van der Waals surface area contributed by atoms with Crippen molar-refractivity contribution < 1.29 is 9.53 Å². The number of nitrogens with zero attached hydrogens (tertiary/aromatic N) is 2. The van der Waals surface area contributed by atoms with Crippen LogP contribution in [0, 0.1) is 11.3 Å². The maximum Gasteiger partial charge on any atom is 0.174 e. The van der Waals surface area contributed by atoms with Crippen molar-refractivity contribution in [1.82, 2.24) is 0 Å². The molecular weight excluding hydrogens is 286 g/mol. The lowest BCUT2D eigenvalue weighted by molar-refractivity contribution is 0.0460. The minimum absolute atomic E-state index is 0.00412. The normalized spacial score (nSPS) is 16.0. The average molecular weight is 307 g/mol. The summed E-state index contributed by atoms with van der Waals surface area (Å²) in [7, 11) is 0. The molecule has 0 radical (unpaired) electrons. The summed E-state index contributed by atoms with van der Waals surface area (Å²) in [5.74, 6) is 0.00412. The number of carbonyl (C=O) groups is 1. The number of ketones is 1. The first kappa shape index (κ1) is 15.8. The second-order valence-electron chi connectivity index (χ2n) is 5.06. The quantitative estimate of drug-likeness (QED) is 0.846. The molecule has 0 aromatic carbocycles. The van der Waals surface area contributed by atoms with Gasteiger partial charge in [0.2, 0.25) is 0 Å². The van der Waals surface area contributed by atoms with Crippen molar-refractivity contribution >= 4 is 27.8 Å². The molecule has 1 aromatic heterocycles. The number of hydrogen-bond donors (Lipinski definition) is 1. The van der Waals surface area contributed by atoms with E-state index in [-0.39, 0.29) is 5.78 Å². The van der Waals surface area contributed by atoms with E-state index in [9.17, 15) is 10.1 Å². The van der Waals surface area contributed by atoms with Crippen molar-refractivity contribution in [1.29, 1.82) is 5.26 Å². The van der Waals surface area contributed by atoms with Crippen LogP contribution in [0.15, 0.2) is 0 Å². The largest absolute Gasteiger partial charge is 0.396 e. The predicted octanol–water partition coefficient (Wildman–Crippen LogP) is 2.80. The van der Waals surface area contributed by atoms with Crippen molar-refractivity contribution in [3.8, 4) is 6.07 Å². The topological polar surface area (TPSA) is 79.3 Å². The molecule has 0 saturated carbocycles. The van der Waals surface area contributed by atoms with Crippen LogP contribution >= 0.6 is 11.3 Å². The predicted molar refractivity (Wildman–Crippen MR) is 84.9 cm³/mol. The zero-order valence-electron chi connectivity index (χ0n) is 12.5. The van der Waals surface area contributed by atoms with E-state index in [1.807, 2.05) is 6.92 Å². The molecule has 0 bridgehead atoms. The lowest BCUT2D eigenvalue weighted by atomic mass is 10.1. The number of nitriles is 1. The minimum Gasteiger partial charge on any atom is -0.396 e. The van der Waals surface area contributed by atoms with Crippen molar-refractivity contribution in [3.63, 3.8) is 0 Å². The average Bonchev–Trinajstić information content (AvgIpc) is 2.84. The SMILES string of the molecule is CCOC1CCN(c2sc(C(=O)CC)c(N)c2C#N)CC1. The molecule has 1 aliphatic heterocycles. The van der Waals surface area contributed by atoms with Crippen LogP contribution in [0.1, 0.15) is 48.3 Å². The maximum atomic E-state index is 11.9. The van der Waals surface area contributed by atoms with Crippen LogP contribution in [0.25, 0.3) is 0 Å². The Hall–Kier alpha value is -1.58. The van der Waals surface area contributed by atoms with Gasteiger partial charge >= 0.3 is 0 Å². The Morgan fingerprint density at radius 2 is 2.14 bits per heavy atom. The van der Waals surface area contributed by atoms with Crippen molar-refractivity contribution in [2.45, 2.75) is 39.2 Å². The first-order valence-electron chi connectivity index (χ1n) is 7.34. The first-order valence-corrected chi connectivity index (χ1v) is 8.16. The Labute approximate surface area is 129 Å². The summed E-state index contributed by atoms with van der Waals surface area (Å²) in [5, 5.41) is 10.2. The van der Waals surface area contributed by atoms with Gasteiger partial charge in [0.05, 0.1) is 16.7 Å². The molecular formula is C15H21N3O2S. The molecule has 1 aromatic rings. The Morgan fingerprint density at radius 3 is 2.67 bits per heavy atom. The Bertz CT molecular complexity index is 554. The fourth-order valence-electron chi connectivity index (χ4n) is 2.59. The van der Waals surface area contributed by atoms with Crippen LogP contribution in [0.3, 0.4) is 0 Å². The van der Waals surface area contributed by atoms with E-state index in [2.05, 4.69) is 11.0 Å². The molecule has 0 unspecified atom stereocenters. The fourth-order valence-corrected chi connectivity index (χ4v) is 3.82. The molecule has 5 nitrogen and oxygen atoms in total. The van der Waals surface area contributed by atoms with Gasteiger partial charge in [0.25, 0.3) is 0 Å². The Morgan fingerprint density at radius 1 is 1.48 bits per heavy atom. The Balaban J connectivity index is 2.21. The lowest BCUT2D eigenvalue weighted by Gasteiger charge is -2.32. The molecule has 0 atom stereocenters. The molecule has 0 aliphatic carbocycles. The molecule has 6 heteroatoms. The van der Waals surface area contributed by atoms with E-state index < -0.39 is 0 Å². The van der Waals surface area contributed by atoms with Gasteiger partial charge in [-0.3, -0.25) is 4.79 Å². The summed E-state index contributed by atoms with van der Waals surface area (Å²) >= 11 is 1.35. The molecule has 2 N–H and O–H groups in total. The number of carbonyl (C=O) groups excluding carboxylic acids is 1. The second-order valence-corrected chi connectivity index (χ2v) is 6.05. The number of nitrogens with two attached hydrogens (primary N) is 1. The highest BCUT2D eigenvalue weighted by molar-refractivity contribution is 7.19. The number of anilines is 2. The van der Waals surface area contributed by atoms with E-state index in [0.29, 0.717) is 28.7 Å². The van der Waals surface area contributed by atoms with Gasteiger partial charge < -0.3 is 15.4 Å². The highest BCUT2D eigenvalue weighted by Crippen LogP contribution is 2.39. The van der Waals surface area contributed by atoms with Gasteiger partial charge in [-0.1, -0.05) is 6.92 Å². The van der Waals surface area contributed by atoms with E-state index in [0.717, 1.165) is 37.5 Å². The summed E-state index contributed by atoms with van der Waals surface area (Å²) in [5.41, 5.74) is 6.78. The van der Waals surface area contributed by atoms with Gasteiger partial charge in [0.15, 0.2) is 5.78 Å². The molecule has 114 valence electrons. The molecule has 0 spiro atoms. The van der Waals surface area contributed by atoms with Gasteiger partial charge in [-0.25, -0.2) is 0 Å². The van der Waals surface area contributed by atoms with Gasteiger partial charge in [0, 0.05) is 26.1 Å². The second kappa shape index (κ2) is 6.92. The third-order valence-electron chi connectivity index (χ3n) is 3.74. The standard InChI is InChI=1S/C15H21N3O2S/c1-3-12(19)14-13(17)11(9-16)15(21-14)18-7-5-10(6-8-18)20-4-2/h10H,3-8,17H2,1-2H3. The molecule has 1 aliphatic rings. The highest BCUT2D eigenvalue weighted by Gasteiger charge is 2.27. The molecule has 1 fully saturated rings. The number of hydrogen-bond acceptors (Lipinski definition) is 6. The number of thiophene rings is 1. The summed E-state index contributed by atoms with van der Waals surface area (Å²) in [4.78, 5) is 14.6. The molecule has 21 heavy (non-hydrogen) atoms. The summed E-state index contributed by atoms with van der Waals surface area (Å²) < 4.78 is 5.64. The van der Waals surface area contributed by atoms with E-state index in [1.165, 1.54) is 11.3 Å². The van der Waals surface area contributed by atoms with E-state index in [4.69, 9.17) is 10.5 Å². The molecule has 2 rings (SSSR count). The third-order valence-corrected chi connectivity index (χ3v) is 5.05. The van der Waals surface area contributed by atoms with Crippen LogP contribution < -0.4 is 10.6 Å². The van der Waals surface area contributed by atoms with Crippen LogP contribution in [-0.2, 0) is 4.74 Å². The van der Waals surface area contributed by atoms with Gasteiger partial charge in [-0.2, -0.15) is 5.26 Å². The highest BCUT2D eigenvalue weighted by atomic mass is 32.1. The van der Waals surface area contributed by atoms with E-state index >= 15 is 0 Å². The molecule has 2 heterocycles. The van der Waals surface area contributed by atoms with Crippen LogP contribution in [0.2, 0.25) is 0 Å². The van der Waals surface area contributed by atoms with Gasteiger partial charge in [0.1, 0.15) is 16.6 Å². The lowest BCUT2D eigenvalue weighted by Crippen LogP contribution is -2.37. The fraction of sp³-hybridized carbons (Fsp3) is 0.600. The molecule has 0 amide bonds. The van der Waals surface area contributed by atoms with Crippen molar-refractivity contribution in [2.24, 2.45) is 0 Å². The zero-order valence-corrected chi connectivity index (χ0v) is 13.3. The van der Waals surface area contributed by atoms with Gasteiger partial charge in [-0.15, -0.1) is 11.3 Å². The van der Waals surface area contributed by atoms with Crippen LogP contribution in [-0.4, -0.2) is 31.6 Å². The number of ether oxygens (including phenoxy) is 1. The van der Waals surface area contributed by atoms with Crippen LogP contribution in [0.5, 0.6) is 0 Å². The zero-order chi connectivity index (χ0) is 15.4. The summed E-state index contributed by atoms with van der Waals surface area (Å²) in [6.07, 6.45) is 2.58. The first-order chi connectivity index (χ1) is 10.1. The number of nitrogen functional groups attached to an aromatic ring is 1. The van der Waals surface area contributed by atoms with Crippen molar-refractivity contribution in [2.75, 3.05) is 30.3 Å². The summed E-state index contributed by atoms with van der Waals surface area (Å²) in [6, 6.07) is 2.16. The van der Waals surface area contributed by atoms with Gasteiger partial charge in [-0.05, 0) is 19.8 Å². The number of rotatable bonds is 5. The van der Waals surface area contributed by atoms with Crippen molar-refractivity contribution in [3.05, 3.63) is 10.4 Å². The molecule has 1 saturated heterocycles. The monoisotopic (exact) mass is 307 g/mol.